The first-order valence-corrected chi connectivity index (χ1v) is 7.68. The molecule has 1 heterocycles. The van der Waals surface area contributed by atoms with E-state index < -0.39 is 0 Å². The molecule has 0 aliphatic heterocycles. The predicted molar refractivity (Wildman–Crippen MR) is 90.9 cm³/mol. The highest BCUT2D eigenvalue weighted by Crippen LogP contribution is 2.27. The molecule has 2 rings (SSSR count). The van der Waals surface area contributed by atoms with Crippen LogP contribution in [0.15, 0.2) is 30.6 Å². The molecule has 0 fully saturated rings. The fraction of sp³-hybridized carbons (Fsp3) is 0.375. The molecule has 7 heteroatoms. The van der Waals surface area contributed by atoms with Crippen molar-refractivity contribution < 1.29 is 9.53 Å². The standard InChI is InChI=1S/C16H21ClN4O2/c1-10(2)14(15-18-7-8-21(15)3)20-16(22)19-11-5-6-13(23-4)12(17)9-11/h5-10,14H,1-4H3,(H2,19,20,22)/t14-/m0/s1. The maximum absolute atomic E-state index is 12.3. The number of amides is 2. The van der Waals surface area contributed by atoms with Gasteiger partial charge in [-0.05, 0) is 24.1 Å². The minimum atomic E-state index is -0.312. The molecule has 0 saturated heterocycles. The molecule has 6 nitrogen and oxygen atoms in total. The van der Waals surface area contributed by atoms with Gasteiger partial charge in [0.1, 0.15) is 11.6 Å². The van der Waals surface area contributed by atoms with Crippen LogP contribution in [0.3, 0.4) is 0 Å². The van der Waals surface area contributed by atoms with E-state index >= 15 is 0 Å². The van der Waals surface area contributed by atoms with Crippen LogP contribution in [0.4, 0.5) is 10.5 Å². The molecule has 0 aliphatic carbocycles. The number of rotatable bonds is 5. The maximum atomic E-state index is 12.3. The minimum Gasteiger partial charge on any atom is -0.495 e. The van der Waals surface area contributed by atoms with Crippen molar-refractivity contribution >= 4 is 23.3 Å². The van der Waals surface area contributed by atoms with E-state index in [1.54, 1.807) is 31.5 Å². The van der Waals surface area contributed by atoms with Crippen LogP contribution in [0.5, 0.6) is 5.75 Å². The first-order valence-electron chi connectivity index (χ1n) is 7.30. The van der Waals surface area contributed by atoms with Gasteiger partial charge in [-0.15, -0.1) is 0 Å². The molecule has 1 aromatic heterocycles. The average molecular weight is 337 g/mol. The Morgan fingerprint density at radius 1 is 1.39 bits per heavy atom. The number of hydrogen-bond acceptors (Lipinski definition) is 3. The van der Waals surface area contributed by atoms with Gasteiger partial charge < -0.3 is 19.9 Å². The van der Waals surface area contributed by atoms with Crippen molar-refractivity contribution in [2.45, 2.75) is 19.9 Å². The molecule has 0 aliphatic rings. The number of urea groups is 1. The van der Waals surface area contributed by atoms with E-state index in [-0.39, 0.29) is 18.0 Å². The summed E-state index contributed by atoms with van der Waals surface area (Å²) in [4.78, 5) is 16.6. The minimum absolute atomic E-state index is 0.191. The number of carbonyl (C=O) groups excluding carboxylic acids is 1. The lowest BCUT2D eigenvalue weighted by atomic mass is 10.0. The summed E-state index contributed by atoms with van der Waals surface area (Å²) in [6.45, 7) is 4.06. The summed E-state index contributed by atoms with van der Waals surface area (Å²) < 4.78 is 6.99. The van der Waals surface area contributed by atoms with Crippen molar-refractivity contribution in [1.82, 2.24) is 14.9 Å². The van der Waals surface area contributed by atoms with E-state index in [4.69, 9.17) is 16.3 Å². The molecular formula is C16H21ClN4O2. The van der Waals surface area contributed by atoms with Gasteiger partial charge in [-0.2, -0.15) is 0 Å². The lowest BCUT2D eigenvalue weighted by Gasteiger charge is -2.22. The number of hydrogen-bond donors (Lipinski definition) is 2. The van der Waals surface area contributed by atoms with E-state index in [0.29, 0.717) is 16.5 Å². The number of imidazole rings is 1. The maximum Gasteiger partial charge on any atom is 0.319 e. The molecule has 23 heavy (non-hydrogen) atoms. The van der Waals surface area contributed by atoms with Crippen LogP contribution in [0, 0.1) is 5.92 Å². The van der Waals surface area contributed by atoms with E-state index in [1.165, 1.54) is 0 Å². The number of carbonyl (C=O) groups is 1. The third kappa shape index (κ3) is 4.16. The van der Waals surface area contributed by atoms with Gasteiger partial charge in [0.2, 0.25) is 0 Å². The fourth-order valence-corrected chi connectivity index (χ4v) is 2.52. The monoisotopic (exact) mass is 336 g/mol. The summed E-state index contributed by atoms with van der Waals surface area (Å²) in [7, 11) is 3.45. The quantitative estimate of drug-likeness (QED) is 0.876. The van der Waals surface area contributed by atoms with Crippen molar-refractivity contribution in [1.29, 1.82) is 0 Å². The second-order valence-electron chi connectivity index (χ2n) is 5.57. The summed E-state index contributed by atoms with van der Waals surface area (Å²) in [5.41, 5.74) is 0.593. The zero-order valence-electron chi connectivity index (χ0n) is 13.6. The number of ether oxygens (including phenoxy) is 1. The number of anilines is 1. The van der Waals surface area contributed by atoms with Crippen LogP contribution in [-0.2, 0) is 7.05 Å². The highest BCUT2D eigenvalue weighted by molar-refractivity contribution is 6.32. The molecule has 124 valence electrons. The van der Waals surface area contributed by atoms with Gasteiger partial charge in [0.25, 0.3) is 0 Å². The number of methoxy groups -OCH3 is 1. The highest BCUT2D eigenvalue weighted by Gasteiger charge is 2.22. The molecule has 2 amide bonds. The Bertz CT molecular complexity index is 684. The average Bonchev–Trinajstić information content (AvgIpc) is 2.90. The molecule has 2 aromatic rings. The van der Waals surface area contributed by atoms with Crippen molar-refractivity contribution in [3.8, 4) is 5.75 Å². The molecular weight excluding hydrogens is 316 g/mol. The number of aryl methyl sites for hydroxylation is 1. The van der Waals surface area contributed by atoms with Crippen molar-refractivity contribution in [2.75, 3.05) is 12.4 Å². The first-order chi connectivity index (χ1) is 10.9. The van der Waals surface area contributed by atoms with Crippen LogP contribution in [0.1, 0.15) is 25.7 Å². The smallest absolute Gasteiger partial charge is 0.319 e. The van der Waals surface area contributed by atoms with Gasteiger partial charge in [0.05, 0.1) is 18.2 Å². The van der Waals surface area contributed by atoms with E-state index in [0.717, 1.165) is 5.82 Å². The summed E-state index contributed by atoms with van der Waals surface area (Å²) in [6.07, 6.45) is 3.57. The highest BCUT2D eigenvalue weighted by atomic mass is 35.5. The van der Waals surface area contributed by atoms with Gasteiger partial charge in [0.15, 0.2) is 0 Å². The van der Waals surface area contributed by atoms with Crippen LogP contribution in [-0.4, -0.2) is 22.7 Å². The van der Waals surface area contributed by atoms with E-state index in [1.807, 2.05) is 31.7 Å². The van der Waals surface area contributed by atoms with Crippen molar-refractivity contribution in [3.63, 3.8) is 0 Å². The Labute approximate surface area is 140 Å². The first kappa shape index (κ1) is 17.1. The number of benzene rings is 1. The lowest BCUT2D eigenvalue weighted by Crippen LogP contribution is -2.36. The number of nitrogens with one attached hydrogen (secondary N) is 2. The molecule has 2 N–H and O–H groups in total. The second kappa shape index (κ2) is 7.37. The Morgan fingerprint density at radius 3 is 2.65 bits per heavy atom. The predicted octanol–water partition coefficient (Wildman–Crippen LogP) is 3.60. The SMILES string of the molecule is COc1ccc(NC(=O)N[C@H](c2nccn2C)C(C)C)cc1Cl. The molecule has 0 radical (unpaired) electrons. The van der Waals surface area contributed by atoms with E-state index in [2.05, 4.69) is 15.6 Å². The van der Waals surface area contributed by atoms with Gasteiger partial charge in [0, 0.05) is 25.1 Å². The Morgan fingerprint density at radius 2 is 2.13 bits per heavy atom. The molecule has 0 bridgehead atoms. The Balaban J connectivity index is 2.08. The van der Waals surface area contributed by atoms with Crippen LogP contribution in [0.2, 0.25) is 5.02 Å². The topological polar surface area (TPSA) is 68.2 Å². The Kier molecular flexibility index (Phi) is 5.50. The van der Waals surface area contributed by atoms with Gasteiger partial charge >= 0.3 is 6.03 Å². The largest absolute Gasteiger partial charge is 0.495 e. The normalized spacial score (nSPS) is 12.1. The molecule has 1 aromatic carbocycles. The molecule has 0 saturated carbocycles. The third-order valence-electron chi connectivity index (χ3n) is 3.50. The lowest BCUT2D eigenvalue weighted by molar-refractivity contribution is 0.243. The summed E-state index contributed by atoms with van der Waals surface area (Å²) in [6, 6.07) is 4.58. The van der Waals surface area contributed by atoms with Crippen molar-refractivity contribution in [3.05, 3.63) is 41.4 Å². The Hall–Kier alpha value is -2.21. The van der Waals surface area contributed by atoms with Gasteiger partial charge in [-0.1, -0.05) is 25.4 Å². The van der Waals surface area contributed by atoms with Crippen molar-refractivity contribution in [2.24, 2.45) is 13.0 Å². The second-order valence-corrected chi connectivity index (χ2v) is 5.97. The van der Waals surface area contributed by atoms with Crippen LogP contribution >= 0.6 is 11.6 Å². The summed E-state index contributed by atoms with van der Waals surface area (Å²) in [5.74, 6) is 1.56. The number of aromatic nitrogens is 2. The molecule has 1 atom stereocenters. The third-order valence-corrected chi connectivity index (χ3v) is 3.79. The number of halogens is 1. The van der Waals surface area contributed by atoms with Crippen LogP contribution < -0.4 is 15.4 Å². The summed E-state index contributed by atoms with van der Waals surface area (Å²) >= 11 is 6.06. The van der Waals surface area contributed by atoms with E-state index in [9.17, 15) is 4.79 Å². The fourth-order valence-electron chi connectivity index (χ4n) is 2.26. The zero-order valence-corrected chi connectivity index (χ0v) is 14.4. The zero-order chi connectivity index (χ0) is 17.0. The van der Waals surface area contributed by atoms with Crippen LogP contribution in [0.25, 0.3) is 0 Å². The molecule has 0 unspecified atom stereocenters. The summed E-state index contributed by atoms with van der Waals surface area (Å²) in [5, 5.41) is 6.16. The number of nitrogens with zero attached hydrogens (tertiary/aromatic N) is 2. The van der Waals surface area contributed by atoms with Gasteiger partial charge in [-0.3, -0.25) is 0 Å². The molecule has 0 spiro atoms. The van der Waals surface area contributed by atoms with Gasteiger partial charge in [-0.25, -0.2) is 9.78 Å².